The molecule has 3 rings (SSSR count). The Morgan fingerprint density at radius 2 is 2.11 bits per heavy atom. The van der Waals surface area contributed by atoms with Gasteiger partial charge in [0.1, 0.15) is 5.75 Å². The van der Waals surface area contributed by atoms with E-state index in [9.17, 15) is 14.9 Å². The number of amides is 1. The van der Waals surface area contributed by atoms with E-state index in [2.05, 4.69) is 11.4 Å². The van der Waals surface area contributed by atoms with E-state index in [-0.39, 0.29) is 5.56 Å². The van der Waals surface area contributed by atoms with Crippen LogP contribution in [0.1, 0.15) is 42.0 Å². The van der Waals surface area contributed by atoms with E-state index in [0.29, 0.717) is 45.9 Å². The quantitative estimate of drug-likeness (QED) is 0.849. The summed E-state index contributed by atoms with van der Waals surface area (Å²) in [5.41, 5.74) is 9.46. The molecule has 1 atom stereocenters. The van der Waals surface area contributed by atoms with Gasteiger partial charge in [-0.1, -0.05) is 6.07 Å². The fourth-order valence-electron chi connectivity index (χ4n) is 3.77. The van der Waals surface area contributed by atoms with Crippen LogP contribution in [0.5, 0.6) is 5.75 Å². The predicted octanol–water partition coefficient (Wildman–Crippen LogP) is 2.37. The van der Waals surface area contributed by atoms with E-state index in [1.807, 2.05) is 13.8 Å². The number of nitrogens with two attached hydrogens (primary N) is 1. The first-order chi connectivity index (χ1) is 13.3. The maximum atomic E-state index is 13.2. The topological polar surface area (TPSA) is 110 Å². The zero-order valence-corrected chi connectivity index (χ0v) is 16.3. The molecule has 0 aliphatic carbocycles. The van der Waals surface area contributed by atoms with Gasteiger partial charge in [0.2, 0.25) is 5.91 Å². The van der Waals surface area contributed by atoms with Gasteiger partial charge in [0.25, 0.3) is 5.56 Å². The number of nitrogens with zero attached hydrogens (tertiary/aromatic N) is 2. The molecule has 0 saturated carbocycles. The second kappa shape index (κ2) is 7.24. The number of primary amides is 1. The Morgan fingerprint density at radius 3 is 2.68 bits per heavy atom. The molecule has 1 aliphatic heterocycles. The van der Waals surface area contributed by atoms with E-state index < -0.39 is 11.8 Å². The first kappa shape index (κ1) is 19.2. The number of anilines is 1. The summed E-state index contributed by atoms with van der Waals surface area (Å²) in [5.74, 6) is -0.884. The van der Waals surface area contributed by atoms with Crippen molar-refractivity contribution >= 4 is 11.6 Å². The van der Waals surface area contributed by atoms with E-state index in [4.69, 9.17) is 10.5 Å². The third-order valence-electron chi connectivity index (χ3n) is 5.08. The van der Waals surface area contributed by atoms with Gasteiger partial charge in [-0.3, -0.25) is 9.59 Å². The molecule has 2 heterocycles. The standard InChI is InChI=1S/C21H22N4O3/c1-5-25-10-11(2)19-18(21(25)27)17(16(20(23)26)12(3)24-19)14-7-6-13(9-22)8-15(14)28-4/h6-8,10,17,24H,5H2,1-4H3,(H2,23,26). The first-order valence-electron chi connectivity index (χ1n) is 8.93. The number of fused-ring (bicyclic) bond motifs is 1. The summed E-state index contributed by atoms with van der Waals surface area (Å²) in [6.45, 7) is 6.06. The number of ether oxygens (including phenoxy) is 1. The fourth-order valence-corrected chi connectivity index (χ4v) is 3.77. The number of nitrogens with one attached hydrogen (secondary N) is 1. The van der Waals surface area contributed by atoms with Crippen molar-refractivity contribution in [2.45, 2.75) is 33.2 Å². The van der Waals surface area contributed by atoms with E-state index >= 15 is 0 Å². The molecule has 0 radical (unpaired) electrons. The smallest absolute Gasteiger partial charge is 0.256 e. The van der Waals surface area contributed by atoms with Crippen molar-refractivity contribution < 1.29 is 9.53 Å². The molecule has 1 aromatic carbocycles. The van der Waals surface area contributed by atoms with Crippen LogP contribution < -0.4 is 21.3 Å². The summed E-state index contributed by atoms with van der Waals surface area (Å²) in [4.78, 5) is 25.6. The molecule has 7 nitrogen and oxygen atoms in total. The molecular formula is C21H22N4O3. The summed E-state index contributed by atoms with van der Waals surface area (Å²) in [7, 11) is 1.49. The third-order valence-corrected chi connectivity index (χ3v) is 5.08. The van der Waals surface area contributed by atoms with Gasteiger partial charge in [-0.25, -0.2) is 0 Å². The maximum Gasteiger partial charge on any atom is 0.256 e. The zero-order valence-electron chi connectivity index (χ0n) is 16.3. The van der Waals surface area contributed by atoms with Crippen LogP contribution in [0, 0.1) is 18.3 Å². The molecule has 0 fully saturated rings. The van der Waals surface area contributed by atoms with Gasteiger partial charge < -0.3 is 20.4 Å². The van der Waals surface area contributed by atoms with Crippen molar-refractivity contribution in [2.75, 3.05) is 12.4 Å². The summed E-state index contributed by atoms with van der Waals surface area (Å²) >= 11 is 0. The van der Waals surface area contributed by atoms with Gasteiger partial charge in [-0.05, 0) is 38.5 Å². The minimum atomic E-state index is -0.693. The lowest BCUT2D eigenvalue weighted by atomic mass is 9.79. The van der Waals surface area contributed by atoms with Crippen molar-refractivity contribution in [3.8, 4) is 11.8 Å². The molecule has 1 aliphatic rings. The van der Waals surface area contributed by atoms with Crippen LogP contribution in [-0.4, -0.2) is 17.6 Å². The number of methoxy groups -OCH3 is 1. The van der Waals surface area contributed by atoms with Crippen LogP contribution in [0.15, 0.2) is 40.5 Å². The number of allylic oxidation sites excluding steroid dienone is 1. The lowest BCUT2D eigenvalue weighted by Gasteiger charge is -2.31. The first-order valence-corrected chi connectivity index (χ1v) is 8.93. The van der Waals surface area contributed by atoms with Crippen molar-refractivity contribution in [3.63, 3.8) is 0 Å². The number of rotatable bonds is 4. The van der Waals surface area contributed by atoms with Gasteiger partial charge in [0.15, 0.2) is 0 Å². The minimum absolute atomic E-state index is 0.196. The Kier molecular flexibility index (Phi) is 4.97. The fraction of sp³-hybridized carbons (Fsp3) is 0.286. The Hall–Kier alpha value is -3.53. The molecule has 7 heteroatoms. The number of pyridine rings is 1. The second-order valence-electron chi connectivity index (χ2n) is 6.72. The highest BCUT2D eigenvalue weighted by atomic mass is 16.5. The van der Waals surface area contributed by atoms with Crippen molar-refractivity contribution in [1.29, 1.82) is 5.26 Å². The zero-order chi connectivity index (χ0) is 20.6. The molecule has 144 valence electrons. The SMILES string of the molecule is CCn1cc(C)c2c(c1=O)C(c1ccc(C#N)cc1OC)C(C(N)=O)=C(C)N2. The minimum Gasteiger partial charge on any atom is -0.496 e. The Bertz CT molecular complexity index is 1110. The van der Waals surface area contributed by atoms with Crippen LogP contribution in [0.25, 0.3) is 0 Å². The van der Waals surface area contributed by atoms with Gasteiger partial charge in [-0.2, -0.15) is 5.26 Å². The van der Waals surface area contributed by atoms with Crippen LogP contribution >= 0.6 is 0 Å². The highest BCUT2D eigenvalue weighted by molar-refractivity contribution is 5.97. The summed E-state index contributed by atoms with van der Waals surface area (Å²) in [5, 5.41) is 12.4. The third kappa shape index (κ3) is 2.93. The predicted molar refractivity (Wildman–Crippen MR) is 106 cm³/mol. The lowest BCUT2D eigenvalue weighted by molar-refractivity contribution is -0.114. The lowest BCUT2D eigenvalue weighted by Crippen LogP contribution is -2.35. The number of nitriles is 1. The highest BCUT2D eigenvalue weighted by Gasteiger charge is 2.36. The summed E-state index contributed by atoms with van der Waals surface area (Å²) in [6.07, 6.45) is 1.80. The number of carbonyl (C=O) groups excluding carboxylic acids is 1. The van der Waals surface area contributed by atoms with Crippen molar-refractivity contribution in [2.24, 2.45) is 5.73 Å². The van der Waals surface area contributed by atoms with E-state index in [1.165, 1.54) is 7.11 Å². The van der Waals surface area contributed by atoms with Crippen LogP contribution in [-0.2, 0) is 11.3 Å². The monoisotopic (exact) mass is 378 g/mol. The molecule has 1 aromatic heterocycles. The summed E-state index contributed by atoms with van der Waals surface area (Å²) in [6, 6.07) is 7.02. The molecule has 28 heavy (non-hydrogen) atoms. The average Bonchev–Trinajstić information content (AvgIpc) is 2.68. The number of hydrogen-bond donors (Lipinski definition) is 2. The number of carbonyl (C=O) groups is 1. The maximum absolute atomic E-state index is 13.2. The molecule has 3 N–H and O–H groups in total. The molecule has 1 amide bonds. The number of aryl methyl sites for hydroxylation is 2. The Labute approximate surface area is 163 Å². The van der Waals surface area contributed by atoms with Gasteiger partial charge in [0, 0.05) is 29.6 Å². The average molecular weight is 378 g/mol. The molecule has 0 bridgehead atoms. The highest BCUT2D eigenvalue weighted by Crippen LogP contribution is 2.44. The molecule has 0 spiro atoms. The van der Waals surface area contributed by atoms with Crippen LogP contribution in [0.2, 0.25) is 0 Å². The van der Waals surface area contributed by atoms with E-state index in [1.54, 1.807) is 35.9 Å². The molecule has 1 unspecified atom stereocenters. The molecule has 0 saturated heterocycles. The van der Waals surface area contributed by atoms with Gasteiger partial charge >= 0.3 is 0 Å². The van der Waals surface area contributed by atoms with Crippen molar-refractivity contribution in [1.82, 2.24) is 4.57 Å². The van der Waals surface area contributed by atoms with Gasteiger partial charge in [0.05, 0.1) is 35.9 Å². The Balaban J connectivity index is 2.42. The molecular weight excluding hydrogens is 356 g/mol. The van der Waals surface area contributed by atoms with Gasteiger partial charge in [-0.15, -0.1) is 0 Å². The largest absolute Gasteiger partial charge is 0.496 e. The second-order valence-corrected chi connectivity index (χ2v) is 6.72. The Morgan fingerprint density at radius 1 is 1.39 bits per heavy atom. The van der Waals surface area contributed by atoms with E-state index in [0.717, 1.165) is 5.56 Å². The van der Waals surface area contributed by atoms with Crippen LogP contribution in [0.3, 0.4) is 0 Å². The summed E-state index contributed by atoms with van der Waals surface area (Å²) < 4.78 is 7.10. The normalized spacial score (nSPS) is 15.5. The number of hydrogen-bond acceptors (Lipinski definition) is 5. The number of benzene rings is 1. The van der Waals surface area contributed by atoms with Crippen LogP contribution in [0.4, 0.5) is 5.69 Å². The molecule has 2 aromatic rings. The van der Waals surface area contributed by atoms with Crippen molar-refractivity contribution in [3.05, 3.63) is 68.3 Å². The number of aromatic nitrogens is 1.